The van der Waals surface area contributed by atoms with Crippen molar-refractivity contribution < 1.29 is 9.59 Å². The molecule has 4 heteroatoms. The zero-order valence-corrected chi connectivity index (χ0v) is 9.16. The molecular formula is C11H18N2O2. The van der Waals surface area contributed by atoms with E-state index in [4.69, 9.17) is 0 Å². The van der Waals surface area contributed by atoms with Gasteiger partial charge in [-0.05, 0) is 18.8 Å². The van der Waals surface area contributed by atoms with Crippen LogP contribution in [0.15, 0.2) is 0 Å². The fourth-order valence-electron chi connectivity index (χ4n) is 2.65. The molecule has 1 aliphatic carbocycles. The lowest BCUT2D eigenvalue weighted by Gasteiger charge is -2.40. The second-order valence-corrected chi connectivity index (χ2v) is 4.63. The standard InChI is InChI=1S/C11H18N2O2/c1-8-4-2-3-5-9(8)13-7-6-10(14)12-11(13)15/h8-9H,2-7H2,1H3,(H,12,14,15). The Morgan fingerprint density at radius 3 is 2.67 bits per heavy atom. The fourth-order valence-corrected chi connectivity index (χ4v) is 2.65. The van der Waals surface area contributed by atoms with Crippen LogP contribution in [0.2, 0.25) is 0 Å². The molecule has 0 aromatic carbocycles. The fraction of sp³-hybridized carbons (Fsp3) is 0.818. The molecule has 1 saturated carbocycles. The first-order valence-electron chi connectivity index (χ1n) is 5.79. The number of carbonyl (C=O) groups excluding carboxylic acids is 2. The van der Waals surface area contributed by atoms with Crippen molar-refractivity contribution in [3.63, 3.8) is 0 Å². The van der Waals surface area contributed by atoms with E-state index in [-0.39, 0.29) is 11.9 Å². The van der Waals surface area contributed by atoms with E-state index in [2.05, 4.69) is 12.2 Å². The van der Waals surface area contributed by atoms with Gasteiger partial charge >= 0.3 is 6.03 Å². The second-order valence-electron chi connectivity index (χ2n) is 4.63. The van der Waals surface area contributed by atoms with Crippen molar-refractivity contribution in [1.29, 1.82) is 0 Å². The van der Waals surface area contributed by atoms with Gasteiger partial charge in [0.1, 0.15) is 0 Å². The summed E-state index contributed by atoms with van der Waals surface area (Å²) in [5, 5.41) is 2.40. The molecule has 0 bridgehead atoms. The summed E-state index contributed by atoms with van der Waals surface area (Å²) in [5.74, 6) is 0.428. The average molecular weight is 210 g/mol. The van der Waals surface area contributed by atoms with Gasteiger partial charge in [0, 0.05) is 19.0 Å². The summed E-state index contributed by atoms with van der Waals surface area (Å²) in [6.07, 6.45) is 5.21. The maximum atomic E-state index is 11.6. The number of hydrogen-bond donors (Lipinski definition) is 1. The maximum Gasteiger partial charge on any atom is 0.324 e. The molecule has 1 aliphatic heterocycles. The molecule has 0 spiro atoms. The molecule has 84 valence electrons. The molecule has 15 heavy (non-hydrogen) atoms. The predicted molar refractivity (Wildman–Crippen MR) is 56.3 cm³/mol. The molecule has 2 aliphatic rings. The first-order chi connectivity index (χ1) is 7.18. The predicted octanol–water partition coefficient (Wildman–Crippen LogP) is 1.51. The molecule has 2 fully saturated rings. The smallest absolute Gasteiger partial charge is 0.321 e. The summed E-state index contributed by atoms with van der Waals surface area (Å²) in [5.41, 5.74) is 0. The molecule has 1 saturated heterocycles. The van der Waals surface area contributed by atoms with E-state index < -0.39 is 0 Å². The minimum absolute atomic E-state index is 0.139. The zero-order chi connectivity index (χ0) is 10.8. The van der Waals surface area contributed by atoms with Crippen molar-refractivity contribution in [2.75, 3.05) is 6.54 Å². The molecule has 0 radical (unpaired) electrons. The summed E-state index contributed by atoms with van der Waals surface area (Å²) >= 11 is 0. The minimum Gasteiger partial charge on any atom is -0.321 e. The number of hydrogen-bond acceptors (Lipinski definition) is 2. The Labute approximate surface area is 90.0 Å². The Morgan fingerprint density at radius 1 is 1.27 bits per heavy atom. The van der Waals surface area contributed by atoms with Gasteiger partial charge in [-0.3, -0.25) is 10.1 Å². The molecule has 4 nitrogen and oxygen atoms in total. The highest BCUT2D eigenvalue weighted by Gasteiger charge is 2.33. The summed E-state index contributed by atoms with van der Waals surface area (Å²) in [6.45, 7) is 2.80. The Balaban J connectivity index is 2.02. The van der Waals surface area contributed by atoms with E-state index in [1.54, 1.807) is 0 Å². The molecule has 1 N–H and O–H groups in total. The third-order valence-electron chi connectivity index (χ3n) is 3.55. The van der Waals surface area contributed by atoms with Crippen molar-refractivity contribution in [1.82, 2.24) is 10.2 Å². The lowest BCUT2D eigenvalue weighted by Crippen LogP contribution is -2.55. The third-order valence-corrected chi connectivity index (χ3v) is 3.55. The highest BCUT2D eigenvalue weighted by Crippen LogP contribution is 2.28. The number of nitrogens with zero attached hydrogens (tertiary/aromatic N) is 1. The van der Waals surface area contributed by atoms with Gasteiger partial charge in [-0.25, -0.2) is 4.79 Å². The summed E-state index contributed by atoms with van der Waals surface area (Å²) in [6, 6.07) is 0.150. The zero-order valence-electron chi connectivity index (χ0n) is 9.16. The lowest BCUT2D eigenvalue weighted by molar-refractivity contribution is -0.122. The highest BCUT2D eigenvalue weighted by molar-refractivity contribution is 5.96. The first-order valence-corrected chi connectivity index (χ1v) is 5.79. The topological polar surface area (TPSA) is 49.4 Å². The number of imide groups is 1. The number of nitrogens with one attached hydrogen (secondary N) is 1. The van der Waals surface area contributed by atoms with Crippen LogP contribution in [0, 0.1) is 5.92 Å². The van der Waals surface area contributed by atoms with Gasteiger partial charge in [0.25, 0.3) is 0 Å². The molecule has 1 heterocycles. The van der Waals surface area contributed by atoms with E-state index in [1.807, 2.05) is 4.90 Å². The highest BCUT2D eigenvalue weighted by atomic mass is 16.2. The molecule has 3 amide bonds. The Hall–Kier alpha value is -1.06. The summed E-state index contributed by atoms with van der Waals surface area (Å²) in [4.78, 5) is 24.5. The minimum atomic E-state index is -0.190. The van der Waals surface area contributed by atoms with Gasteiger partial charge in [-0.15, -0.1) is 0 Å². The van der Waals surface area contributed by atoms with Crippen molar-refractivity contribution in [2.45, 2.75) is 45.1 Å². The lowest BCUT2D eigenvalue weighted by atomic mass is 9.84. The van der Waals surface area contributed by atoms with Gasteiger partial charge < -0.3 is 4.90 Å². The Kier molecular flexibility index (Phi) is 2.93. The number of rotatable bonds is 1. The van der Waals surface area contributed by atoms with Crippen molar-refractivity contribution >= 4 is 11.9 Å². The van der Waals surface area contributed by atoms with E-state index in [1.165, 1.54) is 19.3 Å². The van der Waals surface area contributed by atoms with Crippen molar-refractivity contribution in [3.8, 4) is 0 Å². The monoisotopic (exact) mass is 210 g/mol. The van der Waals surface area contributed by atoms with Crippen LogP contribution >= 0.6 is 0 Å². The van der Waals surface area contributed by atoms with Gasteiger partial charge in [0.2, 0.25) is 5.91 Å². The van der Waals surface area contributed by atoms with Gasteiger partial charge in [0.05, 0.1) is 0 Å². The molecule has 2 rings (SSSR count). The Morgan fingerprint density at radius 2 is 2.00 bits per heavy atom. The first kappa shape index (κ1) is 10.5. The maximum absolute atomic E-state index is 11.6. The average Bonchev–Trinajstić information content (AvgIpc) is 2.20. The number of amides is 3. The van der Waals surface area contributed by atoms with E-state index in [0.717, 1.165) is 6.42 Å². The van der Waals surface area contributed by atoms with Crippen molar-refractivity contribution in [2.24, 2.45) is 5.92 Å². The third kappa shape index (κ3) is 2.13. The van der Waals surface area contributed by atoms with Crippen LogP contribution in [0.5, 0.6) is 0 Å². The molecule has 2 atom stereocenters. The number of carbonyl (C=O) groups is 2. The quantitative estimate of drug-likeness (QED) is 0.713. The van der Waals surface area contributed by atoms with Gasteiger partial charge in [-0.1, -0.05) is 19.8 Å². The number of urea groups is 1. The van der Waals surface area contributed by atoms with Crippen LogP contribution in [-0.2, 0) is 4.79 Å². The Bertz CT molecular complexity index is 278. The van der Waals surface area contributed by atoms with Crippen molar-refractivity contribution in [3.05, 3.63) is 0 Å². The SMILES string of the molecule is CC1CCCCC1N1CCC(=O)NC1=O. The summed E-state index contributed by atoms with van der Waals surface area (Å²) in [7, 11) is 0. The molecular weight excluding hydrogens is 192 g/mol. The van der Waals surface area contributed by atoms with E-state index in [9.17, 15) is 9.59 Å². The molecule has 0 aromatic heterocycles. The molecule has 2 unspecified atom stereocenters. The summed E-state index contributed by atoms with van der Waals surface area (Å²) < 4.78 is 0. The van der Waals surface area contributed by atoms with Crippen LogP contribution in [0.1, 0.15) is 39.0 Å². The normalized spacial score (nSPS) is 32.7. The largest absolute Gasteiger partial charge is 0.324 e. The van der Waals surface area contributed by atoms with Crippen LogP contribution < -0.4 is 5.32 Å². The van der Waals surface area contributed by atoms with E-state index in [0.29, 0.717) is 24.9 Å². The second kappa shape index (κ2) is 4.21. The molecule has 0 aromatic rings. The van der Waals surface area contributed by atoms with E-state index >= 15 is 0 Å². The van der Waals surface area contributed by atoms with Crippen LogP contribution in [-0.4, -0.2) is 29.4 Å². The van der Waals surface area contributed by atoms with Crippen LogP contribution in [0.25, 0.3) is 0 Å². The van der Waals surface area contributed by atoms with Gasteiger partial charge in [-0.2, -0.15) is 0 Å². The van der Waals surface area contributed by atoms with Crippen LogP contribution in [0.3, 0.4) is 0 Å². The van der Waals surface area contributed by atoms with Crippen LogP contribution in [0.4, 0.5) is 4.79 Å². The van der Waals surface area contributed by atoms with Gasteiger partial charge in [0.15, 0.2) is 0 Å².